The molecular weight excluding hydrogens is 214 g/mol. The summed E-state index contributed by atoms with van der Waals surface area (Å²) >= 11 is 0. The van der Waals surface area contributed by atoms with Crippen molar-refractivity contribution in [1.82, 2.24) is 0 Å². The van der Waals surface area contributed by atoms with Crippen LogP contribution in [-0.4, -0.2) is 11.9 Å². The van der Waals surface area contributed by atoms with Gasteiger partial charge in [0.25, 0.3) is 5.91 Å². The Morgan fingerprint density at radius 2 is 2.18 bits per heavy atom. The van der Waals surface area contributed by atoms with Gasteiger partial charge >= 0.3 is 0 Å². The van der Waals surface area contributed by atoms with Gasteiger partial charge in [-0.15, -0.1) is 0 Å². The Bertz CT molecular complexity index is 427. The van der Waals surface area contributed by atoms with Crippen molar-refractivity contribution in [1.29, 1.82) is 0 Å². The lowest BCUT2D eigenvalue weighted by Gasteiger charge is -2.33. The SMILES string of the molecule is CC(Nc1c(N)cccc1C(N)=O)C1CCC1. The van der Waals surface area contributed by atoms with Crippen molar-refractivity contribution < 1.29 is 4.79 Å². The molecule has 0 radical (unpaired) electrons. The third kappa shape index (κ3) is 2.35. The Hall–Kier alpha value is -1.71. The summed E-state index contributed by atoms with van der Waals surface area (Å²) in [5, 5.41) is 3.34. The lowest BCUT2D eigenvalue weighted by Crippen LogP contribution is -2.32. The number of carbonyl (C=O) groups excluding carboxylic acids is 1. The summed E-state index contributed by atoms with van der Waals surface area (Å²) in [6.45, 7) is 2.13. The van der Waals surface area contributed by atoms with Crippen LogP contribution in [-0.2, 0) is 0 Å². The summed E-state index contributed by atoms with van der Waals surface area (Å²) in [5.74, 6) is 0.232. The number of rotatable bonds is 4. The molecule has 4 nitrogen and oxygen atoms in total. The largest absolute Gasteiger partial charge is 0.397 e. The molecule has 0 saturated heterocycles. The Morgan fingerprint density at radius 3 is 2.71 bits per heavy atom. The van der Waals surface area contributed by atoms with E-state index >= 15 is 0 Å². The Kier molecular flexibility index (Phi) is 3.22. The van der Waals surface area contributed by atoms with Crippen molar-refractivity contribution in [3.05, 3.63) is 23.8 Å². The molecule has 0 bridgehead atoms. The molecule has 1 amide bonds. The van der Waals surface area contributed by atoms with Gasteiger partial charge in [-0.3, -0.25) is 4.79 Å². The number of benzene rings is 1. The zero-order valence-corrected chi connectivity index (χ0v) is 10.1. The summed E-state index contributed by atoms with van der Waals surface area (Å²) in [5.41, 5.74) is 13.0. The smallest absolute Gasteiger partial charge is 0.250 e. The third-order valence-electron chi connectivity index (χ3n) is 3.59. The first-order chi connectivity index (χ1) is 8.09. The van der Waals surface area contributed by atoms with Crippen molar-refractivity contribution in [2.45, 2.75) is 32.2 Å². The first kappa shape index (κ1) is 11.8. The summed E-state index contributed by atoms with van der Waals surface area (Å²) in [7, 11) is 0. The van der Waals surface area contributed by atoms with E-state index in [0.29, 0.717) is 28.9 Å². The maximum Gasteiger partial charge on any atom is 0.250 e. The van der Waals surface area contributed by atoms with Crippen LogP contribution in [0.4, 0.5) is 11.4 Å². The van der Waals surface area contributed by atoms with E-state index in [1.807, 2.05) is 0 Å². The Balaban J connectivity index is 2.21. The lowest BCUT2D eigenvalue weighted by atomic mass is 9.80. The van der Waals surface area contributed by atoms with Crippen LogP contribution in [0.5, 0.6) is 0 Å². The highest BCUT2D eigenvalue weighted by molar-refractivity contribution is 6.01. The number of nitrogens with one attached hydrogen (secondary N) is 1. The van der Waals surface area contributed by atoms with Gasteiger partial charge in [0.05, 0.1) is 16.9 Å². The van der Waals surface area contributed by atoms with Crippen molar-refractivity contribution in [3.8, 4) is 0 Å². The van der Waals surface area contributed by atoms with E-state index in [2.05, 4.69) is 12.2 Å². The molecule has 0 aromatic heterocycles. The van der Waals surface area contributed by atoms with Gasteiger partial charge in [0.2, 0.25) is 0 Å². The maximum atomic E-state index is 11.3. The molecular formula is C13H19N3O. The molecule has 1 atom stereocenters. The van der Waals surface area contributed by atoms with Crippen LogP contribution in [0.15, 0.2) is 18.2 Å². The van der Waals surface area contributed by atoms with Gasteiger partial charge in [0.1, 0.15) is 0 Å². The first-order valence-electron chi connectivity index (χ1n) is 6.04. The van der Waals surface area contributed by atoms with Crippen LogP contribution in [0.2, 0.25) is 0 Å². The fraction of sp³-hybridized carbons (Fsp3) is 0.462. The van der Waals surface area contributed by atoms with Gasteiger partial charge in [0, 0.05) is 6.04 Å². The molecule has 92 valence electrons. The molecule has 1 aliphatic rings. The molecule has 17 heavy (non-hydrogen) atoms. The predicted octanol–water partition coefficient (Wildman–Crippen LogP) is 1.97. The summed E-state index contributed by atoms with van der Waals surface area (Å²) in [4.78, 5) is 11.3. The van der Waals surface area contributed by atoms with Gasteiger partial charge < -0.3 is 16.8 Å². The number of anilines is 2. The molecule has 4 heteroatoms. The highest BCUT2D eigenvalue weighted by atomic mass is 16.1. The average molecular weight is 233 g/mol. The quantitative estimate of drug-likeness (QED) is 0.695. The minimum Gasteiger partial charge on any atom is -0.397 e. The first-order valence-corrected chi connectivity index (χ1v) is 6.04. The minimum atomic E-state index is -0.444. The van der Waals surface area contributed by atoms with E-state index in [1.54, 1.807) is 18.2 Å². The van der Waals surface area contributed by atoms with Crippen molar-refractivity contribution in [2.24, 2.45) is 11.7 Å². The number of nitrogens with two attached hydrogens (primary N) is 2. The second kappa shape index (κ2) is 4.65. The van der Waals surface area contributed by atoms with Crippen molar-refractivity contribution in [2.75, 3.05) is 11.1 Å². The molecule has 0 aliphatic heterocycles. The lowest BCUT2D eigenvalue weighted by molar-refractivity contribution is 0.100. The topological polar surface area (TPSA) is 81.1 Å². The third-order valence-corrected chi connectivity index (χ3v) is 3.59. The predicted molar refractivity (Wildman–Crippen MR) is 69.8 cm³/mol. The highest BCUT2D eigenvalue weighted by Gasteiger charge is 2.25. The number of nitrogen functional groups attached to an aromatic ring is 1. The molecule has 0 spiro atoms. The van der Waals surface area contributed by atoms with E-state index in [1.165, 1.54) is 19.3 Å². The zero-order valence-electron chi connectivity index (χ0n) is 10.1. The minimum absolute atomic E-state index is 0.326. The summed E-state index contributed by atoms with van der Waals surface area (Å²) in [6, 6.07) is 5.55. The maximum absolute atomic E-state index is 11.3. The number of primary amides is 1. The van der Waals surface area contributed by atoms with Gasteiger partial charge in [-0.05, 0) is 37.8 Å². The van der Waals surface area contributed by atoms with Gasteiger partial charge in [-0.25, -0.2) is 0 Å². The summed E-state index contributed by atoms with van der Waals surface area (Å²) < 4.78 is 0. The average Bonchev–Trinajstić information content (AvgIpc) is 2.17. The zero-order chi connectivity index (χ0) is 12.4. The Morgan fingerprint density at radius 1 is 1.47 bits per heavy atom. The molecule has 1 aliphatic carbocycles. The van der Waals surface area contributed by atoms with Crippen molar-refractivity contribution >= 4 is 17.3 Å². The van der Waals surface area contributed by atoms with E-state index in [9.17, 15) is 4.79 Å². The second-order valence-corrected chi connectivity index (χ2v) is 4.76. The van der Waals surface area contributed by atoms with Crippen LogP contribution in [0.1, 0.15) is 36.5 Å². The van der Waals surface area contributed by atoms with E-state index in [4.69, 9.17) is 11.5 Å². The fourth-order valence-corrected chi connectivity index (χ4v) is 2.22. The molecule has 1 saturated carbocycles. The fourth-order valence-electron chi connectivity index (χ4n) is 2.22. The van der Waals surface area contributed by atoms with Gasteiger partial charge in [0.15, 0.2) is 0 Å². The molecule has 0 heterocycles. The van der Waals surface area contributed by atoms with Gasteiger partial charge in [-0.2, -0.15) is 0 Å². The number of hydrogen-bond donors (Lipinski definition) is 3. The molecule has 1 aromatic rings. The second-order valence-electron chi connectivity index (χ2n) is 4.76. The monoisotopic (exact) mass is 233 g/mol. The number of carbonyl (C=O) groups is 1. The normalized spacial score (nSPS) is 17.2. The Labute approximate surface area is 101 Å². The van der Waals surface area contributed by atoms with Crippen molar-refractivity contribution in [3.63, 3.8) is 0 Å². The van der Waals surface area contributed by atoms with Gasteiger partial charge in [-0.1, -0.05) is 12.5 Å². The molecule has 1 aromatic carbocycles. The van der Waals surface area contributed by atoms with E-state index < -0.39 is 5.91 Å². The molecule has 1 unspecified atom stereocenters. The molecule has 2 rings (SSSR count). The summed E-state index contributed by atoms with van der Waals surface area (Å²) in [6.07, 6.45) is 3.78. The van der Waals surface area contributed by atoms with Crippen LogP contribution in [0.25, 0.3) is 0 Å². The van der Waals surface area contributed by atoms with Crippen LogP contribution >= 0.6 is 0 Å². The van der Waals surface area contributed by atoms with Crippen LogP contribution < -0.4 is 16.8 Å². The van der Waals surface area contributed by atoms with E-state index in [-0.39, 0.29) is 0 Å². The van der Waals surface area contributed by atoms with Crippen LogP contribution in [0, 0.1) is 5.92 Å². The number of amides is 1. The number of para-hydroxylation sites is 1. The van der Waals surface area contributed by atoms with E-state index in [0.717, 1.165) is 0 Å². The molecule has 5 N–H and O–H groups in total. The highest BCUT2D eigenvalue weighted by Crippen LogP contribution is 2.33. The standard InChI is InChI=1S/C13H19N3O/c1-8(9-4-2-5-9)16-12-10(13(15)17)6-3-7-11(12)14/h3,6-9,16H,2,4-5,14H2,1H3,(H2,15,17). The van der Waals surface area contributed by atoms with Crippen LogP contribution in [0.3, 0.4) is 0 Å². The molecule has 1 fully saturated rings. The number of hydrogen-bond acceptors (Lipinski definition) is 3.